The third-order valence-corrected chi connectivity index (χ3v) is 6.13. The highest BCUT2D eigenvalue weighted by molar-refractivity contribution is 6.20. The van der Waals surface area contributed by atoms with Crippen molar-refractivity contribution in [3.8, 4) is 11.5 Å². The molecule has 0 spiro atoms. The number of fused-ring (bicyclic) bond motifs is 1. The lowest BCUT2D eigenvalue weighted by molar-refractivity contribution is -0.127. The number of ether oxygens (including phenoxy) is 1. The molecule has 2 aliphatic rings. The van der Waals surface area contributed by atoms with Gasteiger partial charge in [-0.2, -0.15) is 9.74 Å². The van der Waals surface area contributed by atoms with E-state index in [1.165, 1.54) is 12.4 Å². The predicted octanol–water partition coefficient (Wildman–Crippen LogP) is 3.60. The topological polar surface area (TPSA) is 117 Å². The van der Waals surface area contributed by atoms with Crippen LogP contribution in [0, 0.1) is 5.21 Å². The lowest BCUT2D eigenvalue weighted by Gasteiger charge is -2.43. The maximum atomic E-state index is 14.2. The van der Waals surface area contributed by atoms with Gasteiger partial charge < -0.3 is 20.6 Å². The fourth-order valence-electron chi connectivity index (χ4n) is 4.44. The summed E-state index contributed by atoms with van der Waals surface area (Å²) >= 11 is 0. The number of para-hydroxylation sites is 1. The van der Waals surface area contributed by atoms with Gasteiger partial charge in [0.15, 0.2) is 0 Å². The molecule has 9 nitrogen and oxygen atoms in total. The average Bonchev–Trinajstić information content (AvgIpc) is 3.20. The maximum absolute atomic E-state index is 14.2. The Morgan fingerprint density at radius 3 is 2.62 bits per heavy atom. The van der Waals surface area contributed by atoms with Crippen molar-refractivity contribution in [2.75, 3.05) is 18.8 Å². The standard InChI is InChI=1S/C25H24N6O3/c1-2-21(32)30-14-6-7-18(15-30)31(33)25-22(24(26)27-16-28-25)23(29-31)17-10-12-20(13-11-17)34-19-8-4-3-5-9-19/h2-5,8-13,16,18H,1,6-7,14-15H2,(H2,26,27,28)/t18-,31-/m1/s1. The zero-order valence-electron chi connectivity index (χ0n) is 18.5. The lowest BCUT2D eigenvalue weighted by Crippen LogP contribution is -2.56. The number of hydroxylamine groups is 1. The minimum absolute atomic E-state index is 0.194. The van der Waals surface area contributed by atoms with Crippen LogP contribution in [0.3, 0.4) is 0 Å². The number of aromatic nitrogens is 2. The second-order valence-electron chi connectivity index (χ2n) is 8.25. The Balaban J connectivity index is 1.49. The van der Waals surface area contributed by atoms with Crippen molar-refractivity contribution in [1.29, 1.82) is 0 Å². The minimum Gasteiger partial charge on any atom is -0.598 e. The molecule has 34 heavy (non-hydrogen) atoms. The molecular weight excluding hydrogens is 432 g/mol. The number of piperidine rings is 1. The van der Waals surface area contributed by atoms with Crippen molar-refractivity contribution in [2.24, 2.45) is 5.10 Å². The smallest absolute Gasteiger partial charge is 0.269 e. The highest BCUT2D eigenvalue weighted by atomic mass is 16.6. The minimum atomic E-state index is -1.03. The summed E-state index contributed by atoms with van der Waals surface area (Å²) < 4.78 is 4.84. The molecule has 1 saturated heterocycles. The zero-order chi connectivity index (χ0) is 23.7. The van der Waals surface area contributed by atoms with Gasteiger partial charge >= 0.3 is 0 Å². The number of nitrogens with two attached hydrogens (primary N) is 1. The molecule has 0 radical (unpaired) electrons. The normalized spacial score (nSPS) is 21.5. The quantitative estimate of drug-likeness (QED) is 0.356. The monoisotopic (exact) mass is 456 g/mol. The highest BCUT2D eigenvalue weighted by Gasteiger charge is 2.46. The SMILES string of the molecule is C=CC(=O)N1CCC[C@@H]([N@+]2([O-])N=C(c3ccc(Oc4ccccc4)cc3)c3c(N)ncnc32)C1. The van der Waals surface area contributed by atoms with Gasteiger partial charge in [0.25, 0.3) is 5.82 Å². The molecule has 0 saturated carbocycles. The summed E-state index contributed by atoms with van der Waals surface area (Å²) in [4.78, 5) is 22.2. The van der Waals surface area contributed by atoms with Gasteiger partial charge in [-0.3, -0.25) is 4.79 Å². The molecule has 2 atom stereocenters. The van der Waals surface area contributed by atoms with E-state index in [0.29, 0.717) is 42.0 Å². The molecule has 9 heteroatoms. The first-order chi connectivity index (χ1) is 16.5. The van der Waals surface area contributed by atoms with Crippen molar-refractivity contribution in [2.45, 2.75) is 18.9 Å². The Hall–Kier alpha value is -4.08. The average molecular weight is 457 g/mol. The van der Waals surface area contributed by atoms with E-state index in [0.717, 1.165) is 5.75 Å². The van der Waals surface area contributed by atoms with Gasteiger partial charge in [-0.1, -0.05) is 29.9 Å². The molecule has 1 aromatic heterocycles. The Morgan fingerprint density at radius 2 is 1.88 bits per heavy atom. The lowest BCUT2D eigenvalue weighted by atomic mass is 10.0. The van der Waals surface area contributed by atoms with Gasteiger partial charge in [-0.25, -0.2) is 4.98 Å². The van der Waals surface area contributed by atoms with E-state index in [9.17, 15) is 10.0 Å². The molecule has 3 aromatic rings. The number of quaternary nitrogens is 1. The summed E-state index contributed by atoms with van der Waals surface area (Å²) in [5, 5.41) is 18.8. The third-order valence-electron chi connectivity index (χ3n) is 6.13. The summed E-state index contributed by atoms with van der Waals surface area (Å²) in [5.74, 6) is 1.57. The number of nitrogens with zero attached hydrogens (tertiary/aromatic N) is 5. The molecule has 172 valence electrons. The number of likely N-dealkylation sites (tertiary alicyclic amines) is 1. The molecule has 2 aliphatic heterocycles. The van der Waals surface area contributed by atoms with Gasteiger partial charge in [0.05, 0.1) is 6.54 Å². The van der Waals surface area contributed by atoms with E-state index >= 15 is 0 Å². The van der Waals surface area contributed by atoms with Crippen molar-refractivity contribution in [3.05, 3.63) is 89.9 Å². The first kappa shape index (κ1) is 21.7. The molecule has 1 fully saturated rings. The first-order valence-electron chi connectivity index (χ1n) is 11.1. The second kappa shape index (κ2) is 8.69. The van der Waals surface area contributed by atoms with E-state index in [4.69, 9.17) is 10.5 Å². The molecule has 2 aromatic carbocycles. The van der Waals surface area contributed by atoms with Crippen LogP contribution in [0.25, 0.3) is 0 Å². The summed E-state index contributed by atoms with van der Waals surface area (Å²) in [6.07, 6.45) is 3.85. The van der Waals surface area contributed by atoms with Gasteiger partial charge in [-0.05, 0) is 48.9 Å². The first-order valence-corrected chi connectivity index (χ1v) is 11.1. The summed E-state index contributed by atoms with van der Waals surface area (Å²) in [6.45, 7) is 4.40. The Kier molecular flexibility index (Phi) is 5.56. The molecule has 0 unspecified atom stereocenters. The Labute approximate surface area is 197 Å². The molecule has 2 N–H and O–H groups in total. The number of hydrogen-bond donors (Lipinski definition) is 1. The molecule has 1 amide bonds. The summed E-state index contributed by atoms with van der Waals surface area (Å²) in [5.41, 5.74) is 7.76. The number of carbonyl (C=O) groups excluding carboxylic acids is 1. The number of benzene rings is 2. The number of anilines is 1. The van der Waals surface area contributed by atoms with E-state index in [1.807, 2.05) is 54.6 Å². The number of amides is 1. The Bertz CT molecular complexity index is 1260. The van der Waals surface area contributed by atoms with Crippen molar-refractivity contribution in [1.82, 2.24) is 19.6 Å². The molecular formula is C25H24N6O3. The third kappa shape index (κ3) is 3.81. The predicted molar refractivity (Wildman–Crippen MR) is 130 cm³/mol. The van der Waals surface area contributed by atoms with Crippen LogP contribution in [0.2, 0.25) is 0 Å². The van der Waals surface area contributed by atoms with E-state index in [1.54, 1.807) is 4.90 Å². The van der Waals surface area contributed by atoms with Crippen LogP contribution in [0.15, 0.2) is 78.7 Å². The summed E-state index contributed by atoms with van der Waals surface area (Å²) in [6, 6.07) is 16.2. The van der Waals surface area contributed by atoms with E-state index in [-0.39, 0.29) is 24.1 Å². The number of rotatable bonds is 5. The van der Waals surface area contributed by atoms with Gasteiger partial charge in [0.2, 0.25) is 5.91 Å². The molecule has 0 bridgehead atoms. The van der Waals surface area contributed by atoms with Crippen molar-refractivity contribution in [3.63, 3.8) is 0 Å². The van der Waals surface area contributed by atoms with Crippen LogP contribution in [0.5, 0.6) is 11.5 Å². The zero-order valence-corrected chi connectivity index (χ0v) is 18.5. The molecule has 5 rings (SSSR count). The van der Waals surface area contributed by atoms with Crippen LogP contribution < -0.4 is 15.2 Å². The van der Waals surface area contributed by atoms with Crippen LogP contribution >= 0.6 is 0 Å². The number of nitrogen functional groups attached to an aromatic ring is 1. The molecule has 3 heterocycles. The van der Waals surface area contributed by atoms with Crippen LogP contribution in [0.1, 0.15) is 24.0 Å². The fourth-order valence-corrected chi connectivity index (χ4v) is 4.44. The van der Waals surface area contributed by atoms with Crippen LogP contribution in [-0.4, -0.2) is 45.6 Å². The van der Waals surface area contributed by atoms with Gasteiger partial charge in [0, 0.05) is 18.5 Å². The summed E-state index contributed by atoms with van der Waals surface area (Å²) in [7, 11) is 0. The Morgan fingerprint density at radius 1 is 1.15 bits per heavy atom. The number of carbonyl (C=O) groups is 1. The van der Waals surface area contributed by atoms with Gasteiger partial charge in [-0.15, -0.1) is 0 Å². The van der Waals surface area contributed by atoms with E-state index < -0.39 is 10.8 Å². The van der Waals surface area contributed by atoms with Crippen molar-refractivity contribution < 1.29 is 9.53 Å². The molecule has 0 aliphatic carbocycles. The van der Waals surface area contributed by atoms with E-state index in [2.05, 4.69) is 21.6 Å². The van der Waals surface area contributed by atoms with Crippen LogP contribution in [-0.2, 0) is 4.79 Å². The maximum Gasteiger partial charge on any atom is 0.269 e. The van der Waals surface area contributed by atoms with Gasteiger partial charge in [0.1, 0.15) is 41.0 Å². The largest absolute Gasteiger partial charge is 0.598 e. The fraction of sp³-hybridized carbons (Fsp3) is 0.200. The second-order valence-corrected chi connectivity index (χ2v) is 8.25. The number of hydrogen-bond acceptors (Lipinski definition) is 7. The van der Waals surface area contributed by atoms with Crippen LogP contribution in [0.4, 0.5) is 11.6 Å². The van der Waals surface area contributed by atoms with Crippen molar-refractivity contribution >= 4 is 23.3 Å². The highest BCUT2D eigenvalue weighted by Crippen LogP contribution is 2.40.